The molecule has 1 aromatic heterocycles. The number of fused-ring (bicyclic) bond motifs is 4. The lowest BCUT2D eigenvalue weighted by Crippen LogP contribution is -2.36. The number of aromatic nitrogens is 2. The lowest BCUT2D eigenvalue weighted by atomic mass is 9.99. The van der Waals surface area contributed by atoms with Crippen LogP contribution in [0.3, 0.4) is 0 Å². The van der Waals surface area contributed by atoms with E-state index in [4.69, 9.17) is 10.0 Å². The number of hydroxylamine groups is 2. The van der Waals surface area contributed by atoms with Crippen molar-refractivity contribution in [2.45, 2.75) is 12.1 Å². The molecule has 2 amide bonds. The Balaban J connectivity index is 2.04. The molecule has 0 radical (unpaired) electrons. The van der Waals surface area contributed by atoms with Crippen molar-refractivity contribution >= 4 is 12.2 Å². The van der Waals surface area contributed by atoms with Crippen molar-refractivity contribution in [3.8, 4) is 0 Å². The monoisotopic (exact) mass is 277 g/mol. The normalized spacial score (nSPS) is 24.6. The molecule has 1 aromatic rings. The smallest absolute Gasteiger partial charge is 0.345 e. The highest BCUT2D eigenvalue weighted by atomic mass is 16.7. The molecule has 3 rings (SSSR count). The number of oxime groups is 1. The number of hydrogen-bond donors (Lipinski definition) is 1. The van der Waals surface area contributed by atoms with Crippen LogP contribution in [0.15, 0.2) is 24.0 Å². The fourth-order valence-corrected chi connectivity index (χ4v) is 2.78. The third-order valence-electron chi connectivity index (χ3n) is 3.62. The van der Waals surface area contributed by atoms with Crippen molar-refractivity contribution in [3.63, 3.8) is 0 Å². The minimum absolute atomic E-state index is 0.200. The van der Waals surface area contributed by atoms with Crippen LogP contribution in [0.2, 0.25) is 0 Å². The maximum Gasteiger partial charge on any atom is 0.345 e. The van der Waals surface area contributed by atoms with Gasteiger partial charge in [0, 0.05) is 12.6 Å². The van der Waals surface area contributed by atoms with Gasteiger partial charge in [-0.1, -0.05) is 11.2 Å². The van der Waals surface area contributed by atoms with Crippen molar-refractivity contribution in [2.24, 2.45) is 12.2 Å². The van der Waals surface area contributed by atoms with Gasteiger partial charge in [-0.2, -0.15) is 10.2 Å². The predicted molar refractivity (Wildman–Crippen MR) is 69.1 cm³/mol. The zero-order valence-electron chi connectivity index (χ0n) is 11.0. The van der Waals surface area contributed by atoms with E-state index in [9.17, 15) is 4.79 Å². The maximum absolute atomic E-state index is 12.4. The lowest BCUT2D eigenvalue weighted by molar-refractivity contribution is -0.118. The quantitative estimate of drug-likeness (QED) is 0.382. The number of amides is 2. The Labute approximate surface area is 115 Å². The number of urea groups is 1. The summed E-state index contributed by atoms with van der Waals surface area (Å²) in [5, 5.41) is 17.5. The molecular weight excluding hydrogens is 262 g/mol. The molecular formula is C12H15N5O3. The first-order valence-corrected chi connectivity index (χ1v) is 6.22. The Morgan fingerprint density at radius 1 is 1.70 bits per heavy atom. The fraction of sp³-hybridized carbons (Fsp3) is 0.417. The number of carbonyl (C=O) groups is 1. The first kappa shape index (κ1) is 12.7. The van der Waals surface area contributed by atoms with Crippen LogP contribution in [0.25, 0.3) is 0 Å². The molecule has 0 aliphatic carbocycles. The molecule has 2 unspecified atom stereocenters. The van der Waals surface area contributed by atoms with Crippen LogP contribution in [-0.2, 0) is 11.9 Å². The molecule has 0 aromatic carbocycles. The molecule has 2 aliphatic heterocycles. The number of rotatable bonds is 4. The van der Waals surface area contributed by atoms with Gasteiger partial charge in [-0.15, -0.1) is 6.58 Å². The van der Waals surface area contributed by atoms with Gasteiger partial charge >= 0.3 is 6.03 Å². The number of carbonyl (C=O) groups excluding carboxylic acids is 1. The number of aryl methyl sites for hydroxylation is 1. The van der Waals surface area contributed by atoms with Gasteiger partial charge in [-0.25, -0.2) is 4.79 Å². The van der Waals surface area contributed by atoms with Crippen molar-refractivity contribution in [2.75, 3.05) is 13.2 Å². The van der Waals surface area contributed by atoms with Crippen molar-refractivity contribution in [3.05, 3.63) is 30.1 Å². The first-order chi connectivity index (χ1) is 9.69. The van der Waals surface area contributed by atoms with E-state index < -0.39 is 6.04 Å². The zero-order valence-corrected chi connectivity index (χ0v) is 11.0. The van der Waals surface area contributed by atoms with Crippen molar-refractivity contribution in [1.82, 2.24) is 19.7 Å². The molecule has 1 fully saturated rings. The van der Waals surface area contributed by atoms with Gasteiger partial charge in [0.15, 0.2) is 0 Å². The average Bonchev–Trinajstić information content (AvgIpc) is 2.94. The predicted octanol–water partition coefficient (Wildman–Crippen LogP) is 0.831. The molecule has 20 heavy (non-hydrogen) atoms. The third kappa shape index (κ3) is 1.61. The number of hydrogen-bond acceptors (Lipinski definition) is 5. The van der Waals surface area contributed by atoms with Gasteiger partial charge in [0.1, 0.15) is 12.1 Å². The molecule has 106 valence electrons. The molecule has 3 heterocycles. The van der Waals surface area contributed by atoms with E-state index in [1.54, 1.807) is 28.9 Å². The van der Waals surface area contributed by atoms with Crippen molar-refractivity contribution < 1.29 is 14.8 Å². The highest BCUT2D eigenvalue weighted by Gasteiger charge is 2.49. The van der Waals surface area contributed by atoms with Crippen LogP contribution >= 0.6 is 0 Å². The van der Waals surface area contributed by atoms with Gasteiger partial charge in [0.05, 0.1) is 31.3 Å². The van der Waals surface area contributed by atoms with Crippen LogP contribution in [0.5, 0.6) is 0 Å². The third-order valence-corrected chi connectivity index (χ3v) is 3.62. The van der Waals surface area contributed by atoms with Crippen LogP contribution in [0.4, 0.5) is 4.79 Å². The summed E-state index contributed by atoms with van der Waals surface area (Å²) < 4.78 is 1.69. The first-order valence-electron chi connectivity index (χ1n) is 6.22. The molecule has 8 nitrogen and oxygen atoms in total. The van der Waals surface area contributed by atoms with E-state index in [1.165, 1.54) is 11.3 Å². The molecule has 0 saturated carbocycles. The average molecular weight is 277 g/mol. The highest BCUT2D eigenvalue weighted by molar-refractivity contribution is 5.83. The molecule has 2 atom stereocenters. The second kappa shape index (κ2) is 4.64. The van der Waals surface area contributed by atoms with E-state index in [0.717, 1.165) is 11.3 Å². The fourth-order valence-electron chi connectivity index (χ4n) is 2.78. The molecule has 2 bridgehead atoms. The van der Waals surface area contributed by atoms with Gasteiger partial charge in [-0.05, 0) is 0 Å². The molecule has 1 N–H and O–H groups in total. The van der Waals surface area contributed by atoms with Gasteiger partial charge < -0.3 is 10.1 Å². The summed E-state index contributed by atoms with van der Waals surface area (Å²) >= 11 is 0. The summed E-state index contributed by atoms with van der Waals surface area (Å²) in [5.41, 5.74) is 1.74. The van der Waals surface area contributed by atoms with Crippen LogP contribution in [-0.4, -0.2) is 50.3 Å². The summed E-state index contributed by atoms with van der Waals surface area (Å²) in [5.74, 6) is 0. The van der Waals surface area contributed by atoms with Crippen LogP contribution < -0.4 is 0 Å². The van der Waals surface area contributed by atoms with Gasteiger partial charge in [0.2, 0.25) is 0 Å². The molecule has 1 saturated heterocycles. The summed E-state index contributed by atoms with van der Waals surface area (Å²) in [6.07, 6.45) is 4.63. The SMILES string of the molecule is C=CCON1C(=O)N2CC1c1cnn(C)c1C2/C=N/O. The van der Waals surface area contributed by atoms with E-state index >= 15 is 0 Å². The maximum atomic E-state index is 12.4. The van der Waals surface area contributed by atoms with E-state index in [2.05, 4.69) is 16.8 Å². The van der Waals surface area contributed by atoms with Gasteiger partial charge in [0.25, 0.3) is 0 Å². The summed E-state index contributed by atoms with van der Waals surface area (Å²) in [7, 11) is 1.79. The molecule has 8 heteroatoms. The number of nitrogens with zero attached hydrogens (tertiary/aromatic N) is 5. The zero-order chi connectivity index (χ0) is 14.3. The molecule has 0 spiro atoms. The summed E-state index contributed by atoms with van der Waals surface area (Å²) in [6, 6.07) is -0.893. The largest absolute Gasteiger partial charge is 0.411 e. The highest BCUT2D eigenvalue weighted by Crippen LogP contribution is 2.42. The Hall–Kier alpha value is -2.35. The molecule has 2 aliphatic rings. The van der Waals surface area contributed by atoms with Crippen molar-refractivity contribution in [1.29, 1.82) is 0 Å². The summed E-state index contributed by atoms with van der Waals surface area (Å²) in [4.78, 5) is 19.4. The Morgan fingerprint density at radius 2 is 2.50 bits per heavy atom. The second-order valence-electron chi connectivity index (χ2n) is 4.68. The standard InChI is InChI=1S/C12H15N5O3/c1-3-4-20-17-10-7-16(12(17)18)9(6-14-19)11-8(10)5-13-15(11)2/h3,5-6,9-10,19H,1,4,7H2,2H3/b14-6+. The van der Waals surface area contributed by atoms with E-state index in [0.29, 0.717) is 6.54 Å². The summed E-state index contributed by atoms with van der Waals surface area (Å²) in [6.45, 7) is 4.31. The van der Waals surface area contributed by atoms with Crippen LogP contribution in [0, 0.1) is 0 Å². The van der Waals surface area contributed by atoms with E-state index in [1.807, 2.05) is 0 Å². The van der Waals surface area contributed by atoms with Gasteiger partial charge in [-0.3, -0.25) is 9.52 Å². The minimum atomic E-state index is -0.441. The second-order valence-corrected chi connectivity index (χ2v) is 4.68. The topological polar surface area (TPSA) is 83.2 Å². The Kier molecular flexibility index (Phi) is 2.94. The minimum Gasteiger partial charge on any atom is -0.411 e. The Bertz CT molecular complexity index is 582. The van der Waals surface area contributed by atoms with Crippen LogP contribution in [0.1, 0.15) is 23.3 Å². The van der Waals surface area contributed by atoms with E-state index in [-0.39, 0.29) is 18.7 Å². The Morgan fingerprint density at radius 3 is 3.20 bits per heavy atom. The lowest BCUT2D eigenvalue weighted by Gasteiger charge is -2.28.